The molecule has 7 heteroatoms. The first-order chi connectivity index (χ1) is 10.9. The third-order valence-corrected chi connectivity index (χ3v) is 3.03. The molecule has 0 bridgehead atoms. The quantitative estimate of drug-likeness (QED) is 0.688. The monoisotopic (exact) mass is 328 g/mol. The minimum atomic E-state index is -4.38. The highest BCUT2D eigenvalue weighted by Crippen LogP contribution is 2.15. The van der Waals surface area contributed by atoms with Crippen LogP contribution in [0, 0.1) is 11.3 Å². The van der Waals surface area contributed by atoms with Gasteiger partial charge in [-0.1, -0.05) is 19.1 Å². The van der Waals surface area contributed by atoms with E-state index in [1.807, 2.05) is 13.0 Å². The van der Waals surface area contributed by atoms with Crippen molar-refractivity contribution in [2.24, 2.45) is 0 Å². The van der Waals surface area contributed by atoms with Crippen LogP contribution in [-0.2, 0) is 16.1 Å². The average molecular weight is 328 g/mol. The van der Waals surface area contributed by atoms with E-state index in [4.69, 9.17) is 5.26 Å². The molecule has 0 heterocycles. The topological polar surface area (TPSA) is 53.3 Å². The molecule has 4 nitrogen and oxygen atoms in total. The zero-order valence-corrected chi connectivity index (χ0v) is 12.9. The molecule has 1 amide bonds. The van der Waals surface area contributed by atoms with Crippen molar-refractivity contribution in [2.75, 3.05) is 19.8 Å². The minimum absolute atomic E-state index is 0.0909. The van der Waals surface area contributed by atoms with Crippen LogP contribution in [0.4, 0.5) is 13.2 Å². The van der Waals surface area contributed by atoms with E-state index in [1.165, 1.54) is 0 Å². The molecule has 23 heavy (non-hydrogen) atoms. The normalized spacial score (nSPS) is 11.1. The summed E-state index contributed by atoms with van der Waals surface area (Å²) in [5.41, 5.74) is 1.39. The van der Waals surface area contributed by atoms with Gasteiger partial charge in [-0.25, -0.2) is 0 Å². The van der Waals surface area contributed by atoms with Gasteiger partial charge < -0.3 is 9.64 Å². The van der Waals surface area contributed by atoms with Gasteiger partial charge in [-0.05, 0) is 24.1 Å². The second-order valence-electron chi connectivity index (χ2n) is 5.04. The second-order valence-corrected chi connectivity index (χ2v) is 5.04. The van der Waals surface area contributed by atoms with Crippen molar-refractivity contribution in [3.63, 3.8) is 0 Å². The third kappa shape index (κ3) is 7.66. The average Bonchev–Trinajstić information content (AvgIpc) is 2.50. The summed E-state index contributed by atoms with van der Waals surface area (Å²) < 4.78 is 40.4. The molecule has 0 aromatic heterocycles. The predicted octanol–water partition coefficient (Wildman–Crippen LogP) is 3.27. The van der Waals surface area contributed by atoms with Crippen molar-refractivity contribution in [3.8, 4) is 6.07 Å². The Bertz CT molecular complexity index is 536. The van der Waals surface area contributed by atoms with E-state index < -0.39 is 12.8 Å². The Kier molecular flexibility index (Phi) is 7.55. The summed E-state index contributed by atoms with van der Waals surface area (Å²) in [4.78, 5) is 13.7. The third-order valence-electron chi connectivity index (χ3n) is 3.03. The van der Waals surface area contributed by atoms with Crippen LogP contribution in [0.5, 0.6) is 0 Å². The van der Waals surface area contributed by atoms with Gasteiger partial charge in [0.05, 0.1) is 24.7 Å². The molecule has 0 N–H and O–H groups in total. The number of hydrogen-bond donors (Lipinski definition) is 0. The van der Waals surface area contributed by atoms with Crippen molar-refractivity contribution in [1.29, 1.82) is 5.26 Å². The summed E-state index contributed by atoms with van der Waals surface area (Å²) in [5.74, 6) is -0.251. The number of nitriles is 1. The lowest BCUT2D eigenvalue weighted by Gasteiger charge is -2.22. The predicted molar refractivity (Wildman–Crippen MR) is 78.4 cm³/mol. The van der Waals surface area contributed by atoms with Gasteiger partial charge in [-0.3, -0.25) is 4.79 Å². The van der Waals surface area contributed by atoms with E-state index in [0.29, 0.717) is 18.7 Å². The highest BCUT2D eigenvalue weighted by atomic mass is 19.4. The van der Waals surface area contributed by atoms with E-state index >= 15 is 0 Å². The Balaban J connectivity index is 2.52. The SMILES string of the molecule is CCCN(Cc1ccc(C#N)cc1)C(=O)CCOCC(F)(F)F. The molecule has 0 spiro atoms. The van der Waals surface area contributed by atoms with Crippen molar-refractivity contribution in [2.45, 2.75) is 32.5 Å². The summed E-state index contributed by atoms with van der Waals surface area (Å²) >= 11 is 0. The number of ether oxygens (including phenoxy) is 1. The zero-order valence-electron chi connectivity index (χ0n) is 12.9. The van der Waals surface area contributed by atoms with E-state index in [9.17, 15) is 18.0 Å². The first-order valence-electron chi connectivity index (χ1n) is 7.27. The number of alkyl halides is 3. The fourth-order valence-corrected chi connectivity index (χ4v) is 1.97. The lowest BCUT2D eigenvalue weighted by atomic mass is 10.1. The van der Waals surface area contributed by atoms with Gasteiger partial charge in [-0.2, -0.15) is 18.4 Å². The molecule has 126 valence electrons. The molecule has 1 rings (SSSR count). The van der Waals surface area contributed by atoms with Gasteiger partial charge >= 0.3 is 6.18 Å². The van der Waals surface area contributed by atoms with Crippen LogP contribution in [-0.4, -0.2) is 36.7 Å². The molecule has 0 fully saturated rings. The van der Waals surface area contributed by atoms with Crippen molar-refractivity contribution >= 4 is 5.91 Å². The van der Waals surface area contributed by atoms with Gasteiger partial charge in [0, 0.05) is 13.1 Å². The fraction of sp³-hybridized carbons (Fsp3) is 0.500. The number of amides is 1. The molecular weight excluding hydrogens is 309 g/mol. The van der Waals surface area contributed by atoms with Crippen LogP contribution >= 0.6 is 0 Å². The molecule has 0 aliphatic carbocycles. The number of carbonyl (C=O) groups excluding carboxylic acids is 1. The van der Waals surface area contributed by atoms with E-state index in [1.54, 1.807) is 29.2 Å². The van der Waals surface area contributed by atoms with E-state index in [-0.39, 0.29) is 18.9 Å². The number of nitrogens with zero attached hydrogens (tertiary/aromatic N) is 2. The smallest absolute Gasteiger partial charge is 0.372 e. The van der Waals surface area contributed by atoms with Crippen LogP contribution < -0.4 is 0 Å². The maximum Gasteiger partial charge on any atom is 0.411 e. The summed E-state index contributed by atoms with van der Waals surface area (Å²) in [6.45, 7) is 1.19. The van der Waals surface area contributed by atoms with E-state index in [0.717, 1.165) is 12.0 Å². The Morgan fingerprint density at radius 1 is 1.30 bits per heavy atom. The molecule has 1 aromatic rings. The maximum absolute atomic E-state index is 12.1. The number of rotatable bonds is 8. The lowest BCUT2D eigenvalue weighted by Crippen LogP contribution is -2.32. The molecule has 1 aromatic carbocycles. The van der Waals surface area contributed by atoms with Gasteiger partial charge in [0.2, 0.25) is 5.91 Å². The van der Waals surface area contributed by atoms with Crippen molar-refractivity contribution < 1.29 is 22.7 Å². The number of halogens is 3. The summed E-state index contributed by atoms with van der Waals surface area (Å²) in [6.07, 6.45) is -3.73. The Labute approximate surface area is 133 Å². The number of benzene rings is 1. The zero-order chi connectivity index (χ0) is 17.3. The highest BCUT2D eigenvalue weighted by molar-refractivity contribution is 5.76. The first kappa shape index (κ1) is 19.0. The Morgan fingerprint density at radius 3 is 2.48 bits per heavy atom. The Hall–Kier alpha value is -2.07. The van der Waals surface area contributed by atoms with Crippen LogP contribution in [0.2, 0.25) is 0 Å². The molecule has 0 saturated carbocycles. The molecule has 0 atom stereocenters. The van der Waals surface area contributed by atoms with Gasteiger partial charge in [0.15, 0.2) is 0 Å². The molecule has 0 aliphatic rings. The lowest BCUT2D eigenvalue weighted by molar-refractivity contribution is -0.175. The second kappa shape index (κ2) is 9.16. The van der Waals surface area contributed by atoms with Gasteiger partial charge in [-0.15, -0.1) is 0 Å². The summed E-state index contributed by atoms with van der Waals surface area (Å²) in [5, 5.41) is 8.75. The standard InChI is InChI=1S/C16H19F3N2O2/c1-2-8-21(11-14-5-3-13(10-20)4-6-14)15(22)7-9-23-12-16(17,18)19/h3-6H,2,7-9,11-12H2,1H3. The van der Waals surface area contributed by atoms with Gasteiger partial charge in [0.1, 0.15) is 6.61 Å². The van der Waals surface area contributed by atoms with E-state index in [2.05, 4.69) is 4.74 Å². The van der Waals surface area contributed by atoms with Crippen LogP contribution in [0.15, 0.2) is 24.3 Å². The number of hydrogen-bond acceptors (Lipinski definition) is 3. The molecule has 0 radical (unpaired) electrons. The highest BCUT2D eigenvalue weighted by Gasteiger charge is 2.27. The first-order valence-corrected chi connectivity index (χ1v) is 7.27. The largest absolute Gasteiger partial charge is 0.411 e. The summed E-state index contributed by atoms with van der Waals surface area (Å²) in [7, 11) is 0. The van der Waals surface area contributed by atoms with Crippen LogP contribution in [0.1, 0.15) is 30.9 Å². The van der Waals surface area contributed by atoms with Crippen molar-refractivity contribution in [1.82, 2.24) is 4.90 Å². The van der Waals surface area contributed by atoms with Crippen LogP contribution in [0.3, 0.4) is 0 Å². The maximum atomic E-state index is 12.1. The molecular formula is C16H19F3N2O2. The number of carbonyl (C=O) groups is 1. The van der Waals surface area contributed by atoms with Crippen molar-refractivity contribution in [3.05, 3.63) is 35.4 Å². The van der Waals surface area contributed by atoms with Gasteiger partial charge in [0.25, 0.3) is 0 Å². The fourth-order valence-electron chi connectivity index (χ4n) is 1.97. The summed E-state index contributed by atoms with van der Waals surface area (Å²) in [6, 6.07) is 8.86. The molecule has 0 aliphatic heterocycles. The minimum Gasteiger partial charge on any atom is -0.372 e. The molecule has 0 unspecified atom stereocenters. The molecule has 0 saturated heterocycles. The van der Waals surface area contributed by atoms with Crippen LogP contribution in [0.25, 0.3) is 0 Å². The Morgan fingerprint density at radius 2 is 1.96 bits per heavy atom.